The van der Waals surface area contributed by atoms with E-state index in [-0.39, 0.29) is 61.6 Å². The minimum absolute atomic E-state index is 0.000639. The third-order valence-corrected chi connectivity index (χ3v) is 3.64. The minimum atomic E-state index is -0.734. The fraction of sp³-hybridized carbons (Fsp3) is 0.316. The molecule has 9 nitrogen and oxygen atoms in total. The zero-order valence-corrected chi connectivity index (χ0v) is 14.9. The SMILES string of the molecule is C=C1OCCCOC(=O)c2ccc(o2)C(=O)OCCCOC(=O)c2ccc1o2. The number of cyclic esters (lactones) is 3. The highest BCUT2D eigenvalue weighted by Crippen LogP contribution is 2.18. The van der Waals surface area contributed by atoms with Crippen LogP contribution >= 0.6 is 0 Å². The molecule has 4 bridgehead atoms. The molecule has 0 atom stereocenters. The summed E-state index contributed by atoms with van der Waals surface area (Å²) in [6, 6.07) is 5.64. The smallest absolute Gasteiger partial charge is 0.374 e. The van der Waals surface area contributed by atoms with E-state index in [1.54, 1.807) is 0 Å². The lowest BCUT2D eigenvalue weighted by Gasteiger charge is -2.08. The molecule has 0 spiro atoms. The molecular weight excluding hydrogens is 372 g/mol. The highest BCUT2D eigenvalue weighted by molar-refractivity contribution is 5.90. The minimum Gasteiger partial charge on any atom is -0.490 e. The molecule has 3 heterocycles. The predicted molar refractivity (Wildman–Crippen MR) is 92.5 cm³/mol. The molecule has 0 radical (unpaired) electrons. The molecule has 0 saturated carbocycles. The van der Waals surface area contributed by atoms with Gasteiger partial charge in [-0.2, -0.15) is 0 Å². The summed E-state index contributed by atoms with van der Waals surface area (Å²) in [5, 5.41) is 0. The number of hydrogen-bond acceptors (Lipinski definition) is 9. The zero-order chi connectivity index (χ0) is 19.9. The monoisotopic (exact) mass is 390 g/mol. The van der Waals surface area contributed by atoms with Crippen molar-refractivity contribution in [1.29, 1.82) is 0 Å². The normalized spacial score (nSPS) is 17.1. The van der Waals surface area contributed by atoms with Crippen LogP contribution in [-0.4, -0.2) is 44.3 Å². The van der Waals surface area contributed by atoms with Crippen LogP contribution in [0.4, 0.5) is 0 Å². The standard InChI is InChI=1S/C19H18O9/c1-12-13-4-5-14(27-13)17(20)25-10-3-11-26-19(22)16-7-6-15(28-16)18(21)24-9-2-8-23-12/h4-7H,1-3,8-11H2. The molecule has 0 fully saturated rings. The van der Waals surface area contributed by atoms with Crippen LogP contribution in [0.3, 0.4) is 0 Å². The van der Waals surface area contributed by atoms with Gasteiger partial charge in [-0.05, 0) is 24.3 Å². The van der Waals surface area contributed by atoms with E-state index >= 15 is 0 Å². The van der Waals surface area contributed by atoms with Crippen LogP contribution in [0.1, 0.15) is 50.3 Å². The van der Waals surface area contributed by atoms with E-state index in [1.807, 2.05) is 0 Å². The molecular formula is C19H18O9. The van der Waals surface area contributed by atoms with Crippen molar-refractivity contribution < 1.29 is 42.2 Å². The van der Waals surface area contributed by atoms with Crippen molar-refractivity contribution in [3.8, 4) is 0 Å². The Labute approximate surface area is 159 Å². The van der Waals surface area contributed by atoms with E-state index in [2.05, 4.69) is 6.58 Å². The van der Waals surface area contributed by atoms with Crippen molar-refractivity contribution in [3.05, 3.63) is 53.9 Å². The third kappa shape index (κ3) is 4.81. The average molecular weight is 390 g/mol. The Morgan fingerprint density at radius 1 is 0.571 bits per heavy atom. The molecule has 2 aromatic rings. The summed E-state index contributed by atoms with van der Waals surface area (Å²) >= 11 is 0. The second-order valence-electron chi connectivity index (χ2n) is 5.71. The second kappa shape index (κ2) is 8.94. The van der Waals surface area contributed by atoms with Gasteiger partial charge in [0.25, 0.3) is 0 Å². The van der Waals surface area contributed by atoms with E-state index in [4.69, 9.17) is 27.8 Å². The molecule has 0 amide bonds. The molecule has 148 valence electrons. The number of esters is 3. The molecule has 2 aromatic heterocycles. The number of hydrogen-bond donors (Lipinski definition) is 0. The van der Waals surface area contributed by atoms with Gasteiger partial charge < -0.3 is 27.8 Å². The highest BCUT2D eigenvalue weighted by atomic mass is 16.6. The topological polar surface area (TPSA) is 114 Å². The Bertz CT molecular complexity index is 736. The maximum Gasteiger partial charge on any atom is 0.374 e. The van der Waals surface area contributed by atoms with Gasteiger partial charge in [-0.3, -0.25) is 0 Å². The molecule has 0 saturated heterocycles. The first-order chi connectivity index (χ1) is 13.5. The molecule has 0 unspecified atom stereocenters. The Morgan fingerprint density at radius 3 is 1.39 bits per heavy atom. The number of carbonyl (C=O) groups is 3. The Balaban J connectivity index is 1.65. The molecule has 0 aromatic carbocycles. The van der Waals surface area contributed by atoms with E-state index in [1.165, 1.54) is 24.3 Å². The van der Waals surface area contributed by atoms with Crippen molar-refractivity contribution in [2.75, 3.05) is 26.4 Å². The maximum atomic E-state index is 11.9. The van der Waals surface area contributed by atoms with E-state index < -0.39 is 17.9 Å². The third-order valence-electron chi connectivity index (χ3n) is 3.64. The number of ether oxygens (including phenoxy) is 4. The number of fused-ring (bicyclic) bond motifs is 4. The van der Waals surface area contributed by atoms with Gasteiger partial charge in [-0.25, -0.2) is 14.4 Å². The molecule has 0 N–H and O–H groups in total. The van der Waals surface area contributed by atoms with Crippen molar-refractivity contribution in [3.63, 3.8) is 0 Å². The lowest BCUT2D eigenvalue weighted by Crippen LogP contribution is -2.11. The van der Waals surface area contributed by atoms with Crippen LogP contribution in [0.25, 0.3) is 5.76 Å². The van der Waals surface area contributed by atoms with Gasteiger partial charge >= 0.3 is 17.9 Å². The van der Waals surface area contributed by atoms with E-state index in [0.29, 0.717) is 6.42 Å². The first-order valence-corrected chi connectivity index (χ1v) is 8.57. The first kappa shape index (κ1) is 19.3. The fourth-order valence-electron chi connectivity index (χ4n) is 2.25. The van der Waals surface area contributed by atoms with Gasteiger partial charge in [0.1, 0.15) is 0 Å². The van der Waals surface area contributed by atoms with Gasteiger partial charge in [-0.15, -0.1) is 0 Å². The lowest BCUT2D eigenvalue weighted by molar-refractivity contribution is 0.0353. The van der Waals surface area contributed by atoms with Crippen molar-refractivity contribution in [2.24, 2.45) is 0 Å². The van der Waals surface area contributed by atoms with Gasteiger partial charge in [0, 0.05) is 12.8 Å². The summed E-state index contributed by atoms with van der Waals surface area (Å²) in [4.78, 5) is 35.7. The van der Waals surface area contributed by atoms with E-state index in [9.17, 15) is 14.4 Å². The predicted octanol–water partition coefficient (Wildman–Crippen LogP) is 2.82. The summed E-state index contributed by atoms with van der Waals surface area (Å²) in [5.74, 6) is -1.79. The molecule has 1 aliphatic heterocycles. The van der Waals surface area contributed by atoms with E-state index in [0.717, 1.165) is 0 Å². The van der Waals surface area contributed by atoms with Crippen LogP contribution in [-0.2, 0) is 18.9 Å². The Hall–Kier alpha value is -3.49. The quantitative estimate of drug-likeness (QED) is 0.495. The molecule has 1 aliphatic rings. The van der Waals surface area contributed by atoms with Gasteiger partial charge in [0.15, 0.2) is 11.5 Å². The average Bonchev–Trinajstić information content (AvgIpc) is 3.36. The summed E-state index contributed by atoms with van der Waals surface area (Å²) in [6.07, 6.45) is 0.659. The number of furan rings is 2. The second-order valence-corrected chi connectivity index (χ2v) is 5.71. The van der Waals surface area contributed by atoms with Crippen molar-refractivity contribution in [2.45, 2.75) is 12.8 Å². The first-order valence-electron chi connectivity index (χ1n) is 8.57. The van der Waals surface area contributed by atoms with Crippen LogP contribution in [0.2, 0.25) is 0 Å². The van der Waals surface area contributed by atoms with Gasteiger partial charge in [-0.1, -0.05) is 6.58 Å². The summed E-state index contributed by atoms with van der Waals surface area (Å²) in [6.45, 7) is 4.04. The summed E-state index contributed by atoms with van der Waals surface area (Å²) in [7, 11) is 0. The summed E-state index contributed by atoms with van der Waals surface area (Å²) < 4.78 is 31.0. The molecule has 28 heavy (non-hydrogen) atoms. The van der Waals surface area contributed by atoms with Crippen LogP contribution in [0.15, 0.2) is 39.7 Å². The molecule has 0 aliphatic carbocycles. The molecule has 3 rings (SSSR count). The highest BCUT2D eigenvalue weighted by Gasteiger charge is 2.19. The van der Waals surface area contributed by atoms with Crippen molar-refractivity contribution >= 4 is 23.7 Å². The number of rotatable bonds is 0. The maximum absolute atomic E-state index is 11.9. The largest absolute Gasteiger partial charge is 0.490 e. The summed E-state index contributed by atoms with van der Waals surface area (Å²) in [5.41, 5.74) is 0. The Kier molecular flexibility index (Phi) is 6.15. The van der Waals surface area contributed by atoms with Gasteiger partial charge in [0.05, 0.1) is 26.4 Å². The van der Waals surface area contributed by atoms with Crippen LogP contribution in [0.5, 0.6) is 0 Å². The lowest BCUT2D eigenvalue weighted by atomic mass is 10.4. The van der Waals surface area contributed by atoms with Crippen LogP contribution < -0.4 is 0 Å². The Morgan fingerprint density at radius 2 is 0.929 bits per heavy atom. The van der Waals surface area contributed by atoms with Crippen LogP contribution in [0, 0.1) is 0 Å². The van der Waals surface area contributed by atoms with Crippen molar-refractivity contribution in [1.82, 2.24) is 0 Å². The van der Waals surface area contributed by atoms with Gasteiger partial charge in [0.2, 0.25) is 17.3 Å². The molecule has 9 heteroatoms. The fourth-order valence-corrected chi connectivity index (χ4v) is 2.25. The zero-order valence-electron chi connectivity index (χ0n) is 14.9. The number of carbonyl (C=O) groups excluding carboxylic acids is 3.